The highest BCUT2D eigenvalue weighted by molar-refractivity contribution is 7.82. The minimum absolute atomic E-state index is 0.0240. The summed E-state index contributed by atoms with van der Waals surface area (Å²) in [6, 6.07) is 6.71. The van der Waals surface area contributed by atoms with Crippen LogP contribution >= 0.6 is 24.0 Å². The van der Waals surface area contributed by atoms with E-state index in [1.807, 2.05) is 0 Å². The predicted octanol–water partition coefficient (Wildman–Crippen LogP) is 1.26. The first-order chi connectivity index (χ1) is 11.6. The molecule has 0 aliphatic carbocycles. The average molecular weight is 366 g/mol. The Morgan fingerprint density at radius 2 is 1.67 bits per heavy atom. The molecular formula is C13H14N6O3S2. The van der Waals surface area contributed by atoms with Gasteiger partial charge in [-0.1, -0.05) is 11.3 Å². The summed E-state index contributed by atoms with van der Waals surface area (Å²) < 4.78 is 0.448. The van der Waals surface area contributed by atoms with Gasteiger partial charge < -0.3 is 10.6 Å². The van der Waals surface area contributed by atoms with Gasteiger partial charge in [0.2, 0.25) is 23.4 Å². The Balaban J connectivity index is 1.74. The molecule has 0 spiro atoms. The van der Waals surface area contributed by atoms with Crippen molar-refractivity contribution in [2.45, 2.75) is 17.2 Å². The van der Waals surface area contributed by atoms with E-state index in [9.17, 15) is 14.4 Å². The van der Waals surface area contributed by atoms with Crippen LogP contribution in [0.25, 0.3) is 0 Å². The fourth-order valence-corrected chi connectivity index (χ4v) is 2.45. The maximum atomic E-state index is 11.8. The van der Waals surface area contributed by atoms with E-state index in [0.29, 0.717) is 27.3 Å². The van der Waals surface area contributed by atoms with Crippen LogP contribution < -0.4 is 21.5 Å². The maximum absolute atomic E-state index is 11.8. The summed E-state index contributed by atoms with van der Waals surface area (Å²) in [5, 5.41) is 12.9. The fourth-order valence-electron chi connectivity index (χ4n) is 1.65. The van der Waals surface area contributed by atoms with Crippen molar-refractivity contribution >= 4 is 58.7 Å². The Hall–Kier alpha value is -2.66. The Bertz CT molecular complexity index is 719. The van der Waals surface area contributed by atoms with Gasteiger partial charge in [-0.25, -0.2) is 0 Å². The third-order valence-electron chi connectivity index (χ3n) is 2.68. The third kappa shape index (κ3) is 5.85. The highest BCUT2D eigenvalue weighted by Gasteiger charge is 2.10. The van der Waals surface area contributed by atoms with Crippen LogP contribution in [0.2, 0.25) is 0 Å². The molecular weight excluding hydrogens is 352 g/mol. The summed E-state index contributed by atoms with van der Waals surface area (Å²) >= 11 is 5.13. The molecule has 0 fully saturated rings. The van der Waals surface area contributed by atoms with Gasteiger partial charge in [-0.2, -0.15) is 0 Å². The topological polar surface area (TPSA) is 125 Å². The van der Waals surface area contributed by atoms with E-state index in [2.05, 4.69) is 44.3 Å². The van der Waals surface area contributed by atoms with Crippen LogP contribution in [-0.2, 0) is 14.4 Å². The Labute approximate surface area is 146 Å². The van der Waals surface area contributed by atoms with Gasteiger partial charge in [0.1, 0.15) is 0 Å². The standard InChI is InChI=1S/C13H14N6O3S2/c20-7-14-17-9-3-1-8(2-4-9)15-10(21)5-6-11(22)16-12-18-19-13(23)24-12/h1-4,7,17H,5-6H2,(H,14,20)(H,15,21)(H,19,23)(H,16,18,22). The van der Waals surface area contributed by atoms with Gasteiger partial charge in [0.25, 0.3) is 0 Å². The van der Waals surface area contributed by atoms with Gasteiger partial charge in [-0.05, 0) is 24.3 Å². The van der Waals surface area contributed by atoms with Crippen LogP contribution in [0.1, 0.15) is 12.8 Å². The van der Waals surface area contributed by atoms with Crippen molar-refractivity contribution in [1.82, 2.24) is 15.6 Å². The number of carbonyl (C=O) groups is 3. The van der Waals surface area contributed by atoms with Crippen LogP contribution in [0.3, 0.4) is 0 Å². The minimum Gasteiger partial charge on any atom is -0.326 e. The molecule has 2 rings (SSSR count). The molecule has 0 radical (unpaired) electrons. The Morgan fingerprint density at radius 3 is 2.25 bits per heavy atom. The molecule has 0 aliphatic heterocycles. The molecule has 0 saturated heterocycles. The largest absolute Gasteiger partial charge is 0.326 e. The maximum Gasteiger partial charge on any atom is 0.226 e. The van der Waals surface area contributed by atoms with Gasteiger partial charge in [0.15, 0.2) is 4.34 Å². The van der Waals surface area contributed by atoms with E-state index in [0.717, 1.165) is 11.3 Å². The zero-order valence-electron chi connectivity index (χ0n) is 12.3. The Morgan fingerprint density at radius 1 is 1.04 bits per heavy atom. The van der Waals surface area contributed by atoms with Crippen molar-refractivity contribution in [2.24, 2.45) is 0 Å². The lowest BCUT2D eigenvalue weighted by atomic mass is 10.2. The average Bonchev–Trinajstić information content (AvgIpc) is 2.97. The van der Waals surface area contributed by atoms with Crippen LogP contribution in [-0.4, -0.2) is 28.4 Å². The SMILES string of the molecule is O=CNNc1ccc(NC(=O)CCC(=O)Nc2nnc(S)s2)cc1. The lowest BCUT2D eigenvalue weighted by Gasteiger charge is -2.07. The first kappa shape index (κ1) is 17.7. The highest BCUT2D eigenvalue weighted by Crippen LogP contribution is 2.18. The van der Waals surface area contributed by atoms with Crippen LogP contribution in [0.5, 0.6) is 0 Å². The molecule has 0 unspecified atom stereocenters. The van der Waals surface area contributed by atoms with E-state index in [4.69, 9.17) is 0 Å². The predicted molar refractivity (Wildman–Crippen MR) is 92.9 cm³/mol. The molecule has 1 heterocycles. The van der Waals surface area contributed by atoms with Crippen molar-refractivity contribution in [1.29, 1.82) is 0 Å². The monoisotopic (exact) mass is 366 g/mol. The van der Waals surface area contributed by atoms with Gasteiger partial charge >= 0.3 is 0 Å². The summed E-state index contributed by atoms with van der Waals surface area (Å²) in [6.07, 6.45) is 0.570. The van der Waals surface area contributed by atoms with E-state index in [1.54, 1.807) is 24.3 Å². The number of hydrogen-bond acceptors (Lipinski definition) is 8. The number of hydrogen-bond donors (Lipinski definition) is 5. The Kier molecular flexibility index (Phi) is 6.51. The first-order valence-corrected chi connectivity index (χ1v) is 8.00. The number of thiol groups is 1. The highest BCUT2D eigenvalue weighted by atomic mass is 32.2. The molecule has 24 heavy (non-hydrogen) atoms. The molecule has 0 saturated carbocycles. The van der Waals surface area contributed by atoms with Gasteiger partial charge in [-0.15, -0.1) is 22.8 Å². The fraction of sp³-hybridized carbons (Fsp3) is 0.154. The van der Waals surface area contributed by atoms with Crippen molar-refractivity contribution in [2.75, 3.05) is 16.1 Å². The molecule has 11 heteroatoms. The quantitative estimate of drug-likeness (QED) is 0.207. The van der Waals surface area contributed by atoms with E-state index in [1.165, 1.54) is 0 Å². The number of aromatic nitrogens is 2. The normalized spacial score (nSPS) is 9.88. The second-order valence-corrected chi connectivity index (χ2v) is 6.15. The summed E-state index contributed by atoms with van der Waals surface area (Å²) in [6.45, 7) is 0. The number of anilines is 3. The van der Waals surface area contributed by atoms with Gasteiger partial charge in [0, 0.05) is 18.5 Å². The van der Waals surface area contributed by atoms with E-state index >= 15 is 0 Å². The second-order valence-electron chi connectivity index (χ2n) is 4.45. The van der Waals surface area contributed by atoms with Gasteiger partial charge in [-0.3, -0.25) is 25.2 Å². The molecule has 9 nitrogen and oxygen atoms in total. The third-order valence-corrected chi connectivity index (χ3v) is 3.69. The second kappa shape index (κ2) is 8.84. The summed E-state index contributed by atoms with van der Waals surface area (Å²) in [4.78, 5) is 33.7. The van der Waals surface area contributed by atoms with E-state index < -0.39 is 0 Å². The number of benzene rings is 1. The molecule has 1 aromatic heterocycles. The molecule has 0 atom stereocenters. The van der Waals surface area contributed by atoms with Crippen LogP contribution in [0.4, 0.5) is 16.5 Å². The van der Waals surface area contributed by atoms with Crippen molar-refractivity contribution < 1.29 is 14.4 Å². The van der Waals surface area contributed by atoms with Crippen molar-refractivity contribution in [3.8, 4) is 0 Å². The summed E-state index contributed by atoms with van der Waals surface area (Å²) in [7, 11) is 0. The minimum atomic E-state index is -0.325. The summed E-state index contributed by atoms with van der Waals surface area (Å²) in [5.74, 6) is -0.613. The molecule has 2 aromatic rings. The lowest BCUT2D eigenvalue weighted by molar-refractivity contribution is -0.121. The lowest BCUT2D eigenvalue weighted by Crippen LogP contribution is -2.19. The molecule has 0 aliphatic rings. The summed E-state index contributed by atoms with van der Waals surface area (Å²) in [5.41, 5.74) is 6.19. The number of carbonyl (C=O) groups excluding carboxylic acids is 3. The number of nitrogens with zero attached hydrogens (tertiary/aromatic N) is 2. The number of rotatable bonds is 8. The molecule has 0 bridgehead atoms. The number of nitrogens with one attached hydrogen (secondary N) is 4. The molecule has 1 aromatic carbocycles. The smallest absolute Gasteiger partial charge is 0.226 e. The number of hydrazine groups is 1. The van der Waals surface area contributed by atoms with Gasteiger partial charge in [0.05, 0.1) is 5.69 Å². The van der Waals surface area contributed by atoms with Crippen LogP contribution in [0, 0.1) is 0 Å². The molecule has 4 N–H and O–H groups in total. The van der Waals surface area contributed by atoms with E-state index in [-0.39, 0.29) is 24.7 Å². The number of amides is 3. The zero-order chi connectivity index (χ0) is 17.4. The molecule has 3 amide bonds. The first-order valence-electron chi connectivity index (χ1n) is 6.74. The van der Waals surface area contributed by atoms with Crippen LogP contribution in [0.15, 0.2) is 28.6 Å². The van der Waals surface area contributed by atoms with Crippen molar-refractivity contribution in [3.05, 3.63) is 24.3 Å². The van der Waals surface area contributed by atoms with Crippen molar-refractivity contribution in [3.63, 3.8) is 0 Å². The zero-order valence-corrected chi connectivity index (χ0v) is 14.0. The molecule has 126 valence electrons.